The van der Waals surface area contributed by atoms with Crippen LogP contribution < -0.4 is 0 Å². The summed E-state index contributed by atoms with van der Waals surface area (Å²) in [5.41, 5.74) is 0. The molecule has 0 N–H and O–H groups in total. The smallest absolute Gasteiger partial charge is 0.0609 e. The standard InChI is InChI=1S/C7H17S/c1-4-6-8(3)7-5-2/h4-7H2,1-3H3/q+1. The van der Waals surface area contributed by atoms with Crippen LogP contribution in [0.15, 0.2) is 0 Å². The Morgan fingerprint density at radius 1 is 1.00 bits per heavy atom. The molecule has 0 nitrogen and oxygen atoms in total. The molecule has 0 aliphatic heterocycles. The van der Waals surface area contributed by atoms with E-state index in [1.807, 2.05) is 0 Å². The van der Waals surface area contributed by atoms with Crippen LogP contribution in [-0.2, 0) is 10.9 Å². The van der Waals surface area contributed by atoms with E-state index in [4.69, 9.17) is 0 Å². The first kappa shape index (κ1) is 8.35. The molecule has 0 bridgehead atoms. The lowest BCUT2D eigenvalue weighted by Crippen LogP contribution is -2.07. The van der Waals surface area contributed by atoms with Crippen molar-refractivity contribution in [1.29, 1.82) is 0 Å². The summed E-state index contributed by atoms with van der Waals surface area (Å²) in [6.07, 6.45) is 5.09. The lowest BCUT2D eigenvalue weighted by molar-refractivity contribution is 1.06. The third kappa shape index (κ3) is 4.51. The van der Waals surface area contributed by atoms with Crippen molar-refractivity contribution >= 4 is 10.9 Å². The molecule has 0 aromatic carbocycles. The van der Waals surface area contributed by atoms with Gasteiger partial charge in [0.15, 0.2) is 0 Å². The molecule has 1 heteroatoms. The highest BCUT2D eigenvalue weighted by Gasteiger charge is 2.04. The fraction of sp³-hybridized carbons (Fsp3) is 1.00. The molecule has 0 aromatic rings. The summed E-state index contributed by atoms with van der Waals surface area (Å²) in [6, 6.07) is 0. The summed E-state index contributed by atoms with van der Waals surface area (Å²) in [6.45, 7) is 4.53. The maximum atomic E-state index is 2.37. The zero-order chi connectivity index (χ0) is 6.41. The van der Waals surface area contributed by atoms with Gasteiger partial charge in [0.25, 0.3) is 0 Å². The SMILES string of the molecule is CCC[S+](C)CCC. The van der Waals surface area contributed by atoms with Gasteiger partial charge in [-0.1, -0.05) is 13.8 Å². The molecule has 0 heterocycles. The van der Waals surface area contributed by atoms with E-state index >= 15 is 0 Å². The van der Waals surface area contributed by atoms with Crippen molar-refractivity contribution in [2.45, 2.75) is 26.7 Å². The lowest BCUT2D eigenvalue weighted by Gasteiger charge is -1.96. The van der Waals surface area contributed by atoms with Gasteiger partial charge in [-0.05, 0) is 23.7 Å². The van der Waals surface area contributed by atoms with Gasteiger partial charge in [-0.15, -0.1) is 0 Å². The van der Waals surface area contributed by atoms with Gasteiger partial charge in [-0.3, -0.25) is 0 Å². The maximum Gasteiger partial charge on any atom is 0.107 e. The Bertz CT molecular complexity index is 37.7. The van der Waals surface area contributed by atoms with Crippen LogP contribution in [0.1, 0.15) is 26.7 Å². The van der Waals surface area contributed by atoms with Crippen LogP contribution in [0.3, 0.4) is 0 Å². The first-order valence-corrected chi connectivity index (χ1v) is 5.37. The van der Waals surface area contributed by atoms with Crippen LogP contribution in [0, 0.1) is 0 Å². The Balaban J connectivity index is 2.92. The predicted octanol–water partition coefficient (Wildman–Crippen LogP) is 2.05. The Hall–Kier alpha value is 0.350. The zero-order valence-corrected chi connectivity index (χ0v) is 7.05. The van der Waals surface area contributed by atoms with Crippen LogP contribution in [0.2, 0.25) is 0 Å². The second-order valence-electron chi connectivity index (χ2n) is 2.19. The average molecular weight is 133 g/mol. The molecule has 0 saturated carbocycles. The molecule has 0 atom stereocenters. The third-order valence-electron chi connectivity index (χ3n) is 1.11. The Kier molecular flexibility index (Phi) is 5.73. The number of rotatable bonds is 4. The van der Waals surface area contributed by atoms with Gasteiger partial charge < -0.3 is 0 Å². The molecule has 50 valence electrons. The van der Waals surface area contributed by atoms with Crippen molar-refractivity contribution in [3.8, 4) is 0 Å². The minimum Gasteiger partial charge on any atom is -0.0609 e. The van der Waals surface area contributed by atoms with Crippen molar-refractivity contribution in [3.63, 3.8) is 0 Å². The van der Waals surface area contributed by atoms with E-state index in [1.54, 1.807) is 0 Å². The minimum absolute atomic E-state index is 0.730. The highest BCUT2D eigenvalue weighted by atomic mass is 32.2. The molecular formula is C7H17S+. The van der Waals surface area contributed by atoms with Crippen molar-refractivity contribution in [2.24, 2.45) is 0 Å². The van der Waals surface area contributed by atoms with Gasteiger partial charge in [0.1, 0.15) is 11.5 Å². The van der Waals surface area contributed by atoms with Gasteiger partial charge in [-0.25, -0.2) is 0 Å². The van der Waals surface area contributed by atoms with Gasteiger partial charge in [0, 0.05) is 0 Å². The molecule has 0 amide bonds. The van der Waals surface area contributed by atoms with Gasteiger partial charge in [-0.2, -0.15) is 0 Å². The quantitative estimate of drug-likeness (QED) is 0.515. The molecule has 0 rings (SSSR count). The van der Waals surface area contributed by atoms with E-state index in [9.17, 15) is 0 Å². The van der Waals surface area contributed by atoms with Crippen LogP contribution in [0.25, 0.3) is 0 Å². The van der Waals surface area contributed by atoms with Crippen LogP contribution in [0.4, 0.5) is 0 Å². The molecular weight excluding hydrogens is 116 g/mol. The predicted molar refractivity (Wildman–Crippen MR) is 43.6 cm³/mol. The van der Waals surface area contributed by atoms with Crippen molar-refractivity contribution in [1.82, 2.24) is 0 Å². The highest BCUT2D eigenvalue weighted by molar-refractivity contribution is 7.96. The number of hydrogen-bond acceptors (Lipinski definition) is 0. The maximum absolute atomic E-state index is 2.37. The Labute approximate surface area is 56.0 Å². The van der Waals surface area contributed by atoms with Gasteiger partial charge in [0.05, 0.1) is 6.26 Å². The van der Waals surface area contributed by atoms with Crippen molar-refractivity contribution < 1.29 is 0 Å². The van der Waals surface area contributed by atoms with Crippen molar-refractivity contribution in [3.05, 3.63) is 0 Å². The Morgan fingerprint density at radius 3 is 1.62 bits per heavy atom. The van der Waals surface area contributed by atoms with Gasteiger partial charge >= 0.3 is 0 Å². The summed E-state index contributed by atoms with van der Waals surface area (Å²) < 4.78 is 0. The summed E-state index contributed by atoms with van der Waals surface area (Å²) >= 11 is 0. The first-order chi connectivity index (χ1) is 3.81. The largest absolute Gasteiger partial charge is 0.107 e. The zero-order valence-electron chi connectivity index (χ0n) is 6.24. The Morgan fingerprint density at radius 2 is 1.38 bits per heavy atom. The molecule has 0 unspecified atom stereocenters. The summed E-state index contributed by atoms with van der Waals surface area (Å²) in [4.78, 5) is 0. The fourth-order valence-electron chi connectivity index (χ4n) is 0.799. The monoisotopic (exact) mass is 133 g/mol. The molecule has 0 fully saturated rings. The third-order valence-corrected chi connectivity index (χ3v) is 3.32. The molecule has 0 radical (unpaired) electrons. The fourth-order valence-corrected chi connectivity index (χ4v) is 2.40. The van der Waals surface area contributed by atoms with Crippen LogP contribution in [-0.4, -0.2) is 17.8 Å². The van der Waals surface area contributed by atoms with E-state index in [1.165, 1.54) is 24.3 Å². The molecule has 0 spiro atoms. The average Bonchev–Trinajstić information content (AvgIpc) is 1.68. The normalized spacial score (nSPS) is 10.5. The molecule has 0 aromatic heterocycles. The summed E-state index contributed by atoms with van der Waals surface area (Å²) in [5.74, 6) is 2.88. The van der Waals surface area contributed by atoms with E-state index in [-0.39, 0.29) is 0 Å². The summed E-state index contributed by atoms with van der Waals surface area (Å²) in [7, 11) is 0.730. The van der Waals surface area contributed by atoms with Crippen LogP contribution >= 0.6 is 0 Å². The number of hydrogen-bond donors (Lipinski definition) is 0. The molecule has 0 saturated heterocycles. The molecule has 8 heavy (non-hydrogen) atoms. The topological polar surface area (TPSA) is 0 Å². The van der Waals surface area contributed by atoms with Gasteiger partial charge in [0.2, 0.25) is 0 Å². The lowest BCUT2D eigenvalue weighted by atomic mass is 10.6. The van der Waals surface area contributed by atoms with E-state index in [0.717, 1.165) is 10.9 Å². The second kappa shape index (κ2) is 5.49. The molecule has 0 aliphatic carbocycles. The van der Waals surface area contributed by atoms with Crippen LogP contribution in [0.5, 0.6) is 0 Å². The second-order valence-corrected chi connectivity index (χ2v) is 4.57. The van der Waals surface area contributed by atoms with E-state index in [2.05, 4.69) is 20.1 Å². The van der Waals surface area contributed by atoms with E-state index < -0.39 is 0 Å². The minimum atomic E-state index is 0.730. The van der Waals surface area contributed by atoms with E-state index in [0.29, 0.717) is 0 Å². The first-order valence-electron chi connectivity index (χ1n) is 3.40. The molecule has 0 aliphatic rings. The highest BCUT2D eigenvalue weighted by Crippen LogP contribution is 1.95. The van der Waals surface area contributed by atoms with Crippen molar-refractivity contribution in [2.75, 3.05) is 17.8 Å². The summed E-state index contributed by atoms with van der Waals surface area (Å²) in [5, 5.41) is 0.